The Bertz CT molecular complexity index is 665. The normalized spacial score (nSPS) is 22.2. The van der Waals surface area contributed by atoms with Crippen LogP contribution in [0.15, 0.2) is 24.5 Å². The van der Waals surface area contributed by atoms with E-state index in [1.165, 1.54) is 0 Å². The van der Waals surface area contributed by atoms with Gasteiger partial charge >= 0.3 is 5.97 Å². The maximum atomic E-state index is 11.1. The second kappa shape index (κ2) is 5.46. The third kappa shape index (κ3) is 2.64. The van der Waals surface area contributed by atoms with Crippen molar-refractivity contribution in [2.75, 3.05) is 13.2 Å². The second-order valence-electron chi connectivity index (χ2n) is 5.49. The van der Waals surface area contributed by atoms with E-state index < -0.39 is 5.97 Å². The number of carboxylic acids is 1. The molecule has 1 aliphatic heterocycles. The Hall–Kier alpha value is -1.92. The summed E-state index contributed by atoms with van der Waals surface area (Å²) >= 11 is 0. The van der Waals surface area contributed by atoms with Gasteiger partial charge < -0.3 is 19.1 Å². The Kier molecular flexibility index (Phi) is 3.65. The van der Waals surface area contributed by atoms with Crippen molar-refractivity contribution in [2.24, 2.45) is 0 Å². The van der Waals surface area contributed by atoms with Gasteiger partial charge in [0.25, 0.3) is 0 Å². The molecule has 0 aliphatic carbocycles. The van der Waals surface area contributed by atoms with Crippen molar-refractivity contribution in [3.8, 4) is 0 Å². The Morgan fingerprint density at radius 2 is 2.29 bits per heavy atom. The van der Waals surface area contributed by atoms with Crippen LogP contribution in [0.1, 0.15) is 30.2 Å². The first-order valence-electron chi connectivity index (χ1n) is 6.99. The average molecular weight is 290 g/mol. The predicted octanol–water partition coefficient (Wildman–Crippen LogP) is 2.10. The van der Waals surface area contributed by atoms with E-state index in [1.807, 2.05) is 18.4 Å². The number of nitrogens with zero attached hydrogens (tertiary/aromatic N) is 2. The van der Waals surface area contributed by atoms with Crippen LogP contribution < -0.4 is 0 Å². The first kappa shape index (κ1) is 14.0. The van der Waals surface area contributed by atoms with Gasteiger partial charge in [0.05, 0.1) is 48.3 Å². The summed E-state index contributed by atoms with van der Waals surface area (Å²) < 4.78 is 13.4. The lowest BCUT2D eigenvalue weighted by molar-refractivity contribution is -0.0107. The Labute approximate surface area is 122 Å². The van der Waals surface area contributed by atoms with Crippen molar-refractivity contribution in [3.05, 3.63) is 30.1 Å². The fraction of sp³-hybridized carbons (Fsp3) is 0.467. The van der Waals surface area contributed by atoms with E-state index in [4.69, 9.17) is 14.6 Å². The molecule has 1 fully saturated rings. The second-order valence-corrected chi connectivity index (χ2v) is 5.49. The molecule has 1 aromatic heterocycles. The molecule has 1 saturated heterocycles. The third-order valence-electron chi connectivity index (χ3n) is 3.63. The summed E-state index contributed by atoms with van der Waals surface area (Å²) in [4.78, 5) is 15.5. The smallest absolute Gasteiger partial charge is 0.335 e. The van der Waals surface area contributed by atoms with E-state index in [1.54, 1.807) is 24.5 Å². The molecule has 6 nitrogen and oxygen atoms in total. The van der Waals surface area contributed by atoms with Gasteiger partial charge in [-0.2, -0.15) is 0 Å². The molecule has 0 saturated carbocycles. The standard InChI is InChI=1S/C15H18N2O4/c1-9(2)21-14-7-20-6-13(14)17-8-16-11-4-3-10(15(18)19)5-12(11)17/h3-5,8-9,13-14H,6-7H2,1-2H3,(H,18,19)/t13-,14+/m1/s1. The highest BCUT2D eigenvalue weighted by molar-refractivity contribution is 5.92. The number of imidazole rings is 1. The quantitative estimate of drug-likeness (QED) is 0.933. The van der Waals surface area contributed by atoms with Gasteiger partial charge in [-0.15, -0.1) is 0 Å². The summed E-state index contributed by atoms with van der Waals surface area (Å²) in [5.74, 6) is -0.942. The number of fused-ring (bicyclic) bond motifs is 1. The van der Waals surface area contributed by atoms with Gasteiger partial charge in [0.15, 0.2) is 0 Å². The minimum atomic E-state index is -0.942. The van der Waals surface area contributed by atoms with Crippen LogP contribution >= 0.6 is 0 Å². The number of hydrogen-bond donors (Lipinski definition) is 1. The molecule has 0 unspecified atom stereocenters. The molecule has 2 heterocycles. The van der Waals surface area contributed by atoms with E-state index in [0.29, 0.717) is 13.2 Å². The fourth-order valence-electron chi connectivity index (χ4n) is 2.69. The molecule has 1 aliphatic rings. The molecule has 112 valence electrons. The Morgan fingerprint density at radius 1 is 1.48 bits per heavy atom. The van der Waals surface area contributed by atoms with Crippen molar-refractivity contribution in [2.45, 2.75) is 32.1 Å². The highest BCUT2D eigenvalue weighted by atomic mass is 16.6. The summed E-state index contributed by atoms with van der Waals surface area (Å²) in [5, 5.41) is 9.13. The maximum Gasteiger partial charge on any atom is 0.335 e. The number of carboxylic acid groups (broad SMARTS) is 1. The van der Waals surface area contributed by atoms with Gasteiger partial charge in [0, 0.05) is 0 Å². The number of aromatic nitrogens is 2. The van der Waals surface area contributed by atoms with E-state index in [-0.39, 0.29) is 23.8 Å². The molecule has 3 rings (SSSR count). The lowest BCUT2D eigenvalue weighted by Gasteiger charge is -2.22. The largest absolute Gasteiger partial charge is 0.478 e. The van der Waals surface area contributed by atoms with Crippen LogP contribution in [-0.4, -0.2) is 46.0 Å². The zero-order chi connectivity index (χ0) is 15.0. The van der Waals surface area contributed by atoms with E-state index in [9.17, 15) is 4.79 Å². The Morgan fingerprint density at radius 3 is 3.00 bits per heavy atom. The minimum Gasteiger partial charge on any atom is -0.478 e. The average Bonchev–Trinajstić information content (AvgIpc) is 3.03. The van der Waals surface area contributed by atoms with Gasteiger partial charge in [0.1, 0.15) is 6.10 Å². The van der Waals surface area contributed by atoms with Crippen LogP contribution in [0.4, 0.5) is 0 Å². The summed E-state index contributed by atoms with van der Waals surface area (Å²) in [7, 11) is 0. The number of hydrogen-bond acceptors (Lipinski definition) is 4. The molecular formula is C15H18N2O4. The number of rotatable bonds is 4. The predicted molar refractivity (Wildman–Crippen MR) is 76.6 cm³/mol. The monoisotopic (exact) mass is 290 g/mol. The maximum absolute atomic E-state index is 11.1. The van der Waals surface area contributed by atoms with Gasteiger partial charge in [-0.25, -0.2) is 9.78 Å². The highest BCUT2D eigenvalue weighted by Crippen LogP contribution is 2.28. The van der Waals surface area contributed by atoms with Crippen molar-refractivity contribution < 1.29 is 19.4 Å². The van der Waals surface area contributed by atoms with Crippen LogP contribution in [0, 0.1) is 0 Å². The van der Waals surface area contributed by atoms with Crippen molar-refractivity contribution in [1.82, 2.24) is 9.55 Å². The number of ether oxygens (including phenoxy) is 2. The van der Waals surface area contributed by atoms with Crippen molar-refractivity contribution in [1.29, 1.82) is 0 Å². The molecule has 1 N–H and O–H groups in total. The zero-order valence-electron chi connectivity index (χ0n) is 12.0. The van der Waals surface area contributed by atoms with Crippen LogP contribution in [-0.2, 0) is 9.47 Å². The van der Waals surface area contributed by atoms with Gasteiger partial charge in [0.2, 0.25) is 0 Å². The van der Waals surface area contributed by atoms with Gasteiger partial charge in [-0.05, 0) is 32.0 Å². The molecular weight excluding hydrogens is 272 g/mol. The lowest BCUT2D eigenvalue weighted by Crippen LogP contribution is -2.27. The van der Waals surface area contributed by atoms with Gasteiger partial charge in [-0.3, -0.25) is 0 Å². The molecule has 1 aromatic carbocycles. The number of carbonyl (C=O) groups is 1. The van der Waals surface area contributed by atoms with Crippen molar-refractivity contribution >= 4 is 17.0 Å². The molecule has 0 bridgehead atoms. The summed E-state index contributed by atoms with van der Waals surface area (Å²) in [6, 6.07) is 4.95. The van der Waals surface area contributed by atoms with E-state index in [0.717, 1.165) is 11.0 Å². The van der Waals surface area contributed by atoms with E-state index in [2.05, 4.69) is 4.98 Å². The van der Waals surface area contributed by atoms with Crippen molar-refractivity contribution in [3.63, 3.8) is 0 Å². The molecule has 0 amide bonds. The molecule has 6 heteroatoms. The molecule has 0 spiro atoms. The summed E-state index contributed by atoms with van der Waals surface area (Å²) in [5.41, 5.74) is 1.82. The molecule has 2 aromatic rings. The minimum absolute atomic E-state index is 0.0152. The topological polar surface area (TPSA) is 73.6 Å². The SMILES string of the molecule is CC(C)O[C@H]1COC[C@H]1n1cnc2ccc(C(=O)O)cc21. The first-order chi connectivity index (χ1) is 10.1. The van der Waals surface area contributed by atoms with Crippen LogP contribution in [0.25, 0.3) is 11.0 Å². The zero-order valence-corrected chi connectivity index (χ0v) is 12.0. The third-order valence-corrected chi connectivity index (χ3v) is 3.63. The number of benzene rings is 1. The Balaban J connectivity index is 1.99. The molecule has 0 radical (unpaired) electrons. The highest BCUT2D eigenvalue weighted by Gasteiger charge is 2.32. The van der Waals surface area contributed by atoms with Crippen LogP contribution in [0.5, 0.6) is 0 Å². The molecule has 21 heavy (non-hydrogen) atoms. The lowest BCUT2D eigenvalue weighted by atomic mass is 10.1. The first-order valence-corrected chi connectivity index (χ1v) is 6.99. The summed E-state index contributed by atoms with van der Waals surface area (Å²) in [6.07, 6.45) is 1.80. The van der Waals surface area contributed by atoms with Crippen LogP contribution in [0.3, 0.4) is 0 Å². The van der Waals surface area contributed by atoms with Crippen LogP contribution in [0.2, 0.25) is 0 Å². The van der Waals surface area contributed by atoms with E-state index >= 15 is 0 Å². The molecule has 2 atom stereocenters. The number of aromatic carboxylic acids is 1. The summed E-state index contributed by atoms with van der Waals surface area (Å²) in [6.45, 7) is 5.06. The fourth-order valence-corrected chi connectivity index (χ4v) is 2.69. The van der Waals surface area contributed by atoms with Gasteiger partial charge in [-0.1, -0.05) is 0 Å².